The number of likely N-dealkylation sites (N-methyl/N-ethyl adjacent to an activating group) is 1. The second-order valence-corrected chi connectivity index (χ2v) is 6.70. The zero-order valence-electron chi connectivity index (χ0n) is 14.8. The number of rotatable bonds is 5. The molecule has 1 aliphatic rings. The predicted molar refractivity (Wildman–Crippen MR) is 102 cm³/mol. The van der Waals surface area contributed by atoms with Crippen molar-refractivity contribution in [1.82, 2.24) is 20.4 Å². The quantitative estimate of drug-likeness (QED) is 0.797. The molecule has 0 bridgehead atoms. The molecular weight excluding hydrogens is 363 g/mol. The van der Waals surface area contributed by atoms with Gasteiger partial charge in [-0.3, -0.25) is 14.5 Å². The summed E-state index contributed by atoms with van der Waals surface area (Å²) in [5.41, 5.74) is 1.08. The molecule has 2 rings (SSSR count). The molecule has 8 heteroatoms. The topological polar surface area (TPSA) is 64.7 Å². The van der Waals surface area contributed by atoms with Crippen LogP contribution in [-0.4, -0.2) is 67.9 Å². The van der Waals surface area contributed by atoms with Crippen molar-refractivity contribution in [3.8, 4) is 0 Å². The Balaban J connectivity index is 0.00000312. The first-order valence-corrected chi connectivity index (χ1v) is 8.47. The van der Waals surface area contributed by atoms with E-state index in [1.54, 1.807) is 21.0 Å². The summed E-state index contributed by atoms with van der Waals surface area (Å²) in [6.07, 6.45) is 0. The minimum Gasteiger partial charge on any atom is -0.347 e. The third kappa shape index (κ3) is 6.15. The molecule has 2 N–H and O–H groups in total. The highest BCUT2D eigenvalue weighted by Crippen LogP contribution is 2.24. The smallest absolute Gasteiger partial charge is 0.244 e. The van der Waals surface area contributed by atoms with E-state index in [4.69, 9.17) is 11.6 Å². The molecule has 1 aromatic rings. The predicted octanol–water partition coefficient (Wildman–Crippen LogP) is 1.30. The van der Waals surface area contributed by atoms with Gasteiger partial charge in [-0.25, -0.2) is 0 Å². The van der Waals surface area contributed by atoms with Crippen LogP contribution in [0.3, 0.4) is 0 Å². The Kier molecular flexibility index (Phi) is 8.65. The van der Waals surface area contributed by atoms with Gasteiger partial charge >= 0.3 is 0 Å². The molecule has 1 aliphatic heterocycles. The first-order chi connectivity index (χ1) is 11.4. The van der Waals surface area contributed by atoms with Crippen molar-refractivity contribution in [2.45, 2.75) is 19.0 Å². The number of hydrogen-bond donors (Lipinski definition) is 2. The number of nitrogens with one attached hydrogen (secondary N) is 2. The van der Waals surface area contributed by atoms with Crippen molar-refractivity contribution < 1.29 is 9.59 Å². The van der Waals surface area contributed by atoms with E-state index < -0.39 is 6.04 Å². The summed E-state index contributed by atoms with van der Waals surface area (Å²) in [5, 5.41) is 6.81. The van der Waals surface area contributed by atoms with Gasteiger partial charge in [0.15, 0.2) is 0 Å². The van der Waals surface area contributed by atoms with Crippen LogP contribution in [0.2, 0.25) is 5.02 Å². The summed E-state index contributed by atoms with van der Waals surface area (Å²) >= 11 is 6.09. The number of hydrogen-bond acceptors (Lipinski definition) is 4. The van der Waals surface area contributed by atoms with E-state index in [-0.39, 0.29) is 36.8 Å². The maximum atomic E-state index is 12.3. The van der Waals surface area contributed by atoms with Crippen LogP contribution in [0, 0.1) is 0 Å². The monoisotopic (exact) mass is 388 g/mol. The average Bonchev–Trinajstić information content (AvgIpc) is 2.54. The minimum absolute atomic E-state index is 0. The lowest BCUT2D eigenvalue weighted by Crippen LogP contribution is -2.52. The van der Waals surface area contributed by atoms with Crippen LogP contribution in [0.5, 0.6) is 0 Å². The molecule has 2 amide bonds. The van der Waals surface area contributed by atoms with Gasteiger partial charge in [0, 0.05) is 44.8 Å². The van der Waals surface area contributed by atoms with Gasteiger partial charge in [-0.1, -0.05) is 23.7 Å². The van der Waals surface area contributed by atoms with Crippen LogP contribution in [-0.2, 0) is 9.59 Å². The standard InChI is InChI=1S/C17H25ClN4O2.ClH/c1-12(17(24)21(2)3)20-16(23)11-22-8-7-19-10-15(22)13-5-4-6-14(18)9-13;/h4-6,9,12,15,19H,7-8,10-11H2,1-3H3,(H,20,23);1H. The molecular formula is C17H26Cl2N4O2. The van der Waals surface area contributed by atoms with Gasteiger partial charge in [0.05, 0.1) is 6.54 Å². The fourth-order valence-corrected chi connectivity index (χ4v) is 3.10. The molecule has 140 valence electrons. The van der Waals surface area contributed by atoms with Crippen LogP contribution >= 0.6 is 24.0 Å². The summed E-state index contributed by atoms with van der Waals surface area (Å²) in [4.78, 5) is 27.8. The van der Waals surface area contributed by atoms with E-state index in [0.717, 1.165) is 25.2 Å². The molecule has 1 heterocycles. The van der Waals surface area contributed by atoms with Crippen LogP contribution < -0.4 is 10.6 Å². The SMILES string of the molecule is CC(NC(=O)CN1CCNCC1c1cccc(Cl)c1)C(=O)N(C)C.Cl. The van der Waals surface area contributed by atoms with Gasteiger partial charge in [0.1, 0.15) is 6.04 Å². The number of carbonyl (C=O) groups is 2. The fraction of sp³-hybridized carbons (Fsp3) is 0.529. The second kappa shape index (κ2) is 9.97. The maximum Gasteiger partial charge on any atom is 0.244 e. The molecule has 25 heavy (non-hydrogen) atoms. The first-order valence-electron chi connectivity index (χ1n) is 8.09. The third-order valence-corrected chi connectivity index (χ3v) is 4.36. The van der Waals surface area contributed by atoms with Gasteiger partial charge in [0.2, 0.25) is 11.8 Å². The van der Waals surface area contributed by atoms with Gasteiger partial charge in [-0.05, 0) is 24.6 Å². The zero-order chi connectivity index (χ0) is 17.7. The van der Waals surface area contributed by atoms with Crippen LogP contribution in [0.25, 0.3) is 0 Å². The van der Waals surface area contributed by atoms with E-state index in [0.29, 0.717) is 5.02 Å². The highest BCUT2D eigenvalue weighted by molar-refractivity contribution is 6.30. The highest BCUT2D eigenvalue weighted by atomic mass is 35.5. The Morgan fingerprint density at radius 2 is 2.16 bits per heavy atom. The molecule has 0 radical (unpaired) electrons. The molecule has 2 atom stereocenters. The van der Waals surface area contributed by atoms with Crippen LogP contribution in [0.4, 0.5) is 0 Å². The molecule has 6 nitrogen and oxygen atoms in total. The normalized spacial score (nSPS) is 18.8. The lowest BCUT2D eigenvalue weighted by Gasteiger charge is -2.36. The Morgan fingerprint density at radius 1 is 1.44 bits per heavy atom. The molecule has 1 fully saturated rings. The molecule has 0 aliphatic carbocycles. The van der Waals surface area contributed by atoms with Gasteiger partial charge in [-0.15, -0.1) is 12.4 Å². The van der Waals surface area contributed by atoms with E-state index in [1.165, 1.54) is 4.90 Å². The van der Waals surface area contributed by atoms with Crippen LogP contribution in [0.15, 0.2) is 24.3 Å². The summed E-state index contributed by atoms with van der Waals surface area (Å²) in [5.74, 6) is -0.262. The summed E-state index contributed by atoms with van der Waals surface area (Å²) in [6.45, 7) is 4.31. The molecule has 0 saturated carbocycles. The lowest BCUT2D eigenvalue weighted by atomic mass is 10.0. The molecule has 1 aromatic carbocycles. The average molecular weight is 389 g/mol. The van der Waals surface area contributed by atoms with Crippen molar-refractivity contribution in [1.29, 1.82) is 0 Å². The van der Waals surface area contributed by atoms with E-state index in [9.17, 15) is 9.59 Å². The number of nitrogens with zero attached hydrogens (tertiary/aromatic N) is 2. The van der Waals surface area contributed by atoms with Crippen molar-refractivity contribution in [2.24, 2.45) is 0 Å². The Labute approximate surface area is 160 Å². The van der Waals surface area contributed by atoms with Crippen LogP contribution in [0.1, 0.15) is 18.5 Å². The second-order valence-electron chi connectivity index (χ2n) is 6.27. The van der Waals surface area contributed by atoms with Crippen molar-refractivity contribution in [3.05, 3.63) is 34.9 Å². The number of carbonyl (C=O) groups excluding carboxylic acids is 2. The molecule has 0 spiro atoms. The van der Waals surface area contributed by atoms with Gasteiger partial charge in [-0.2, -0.15) is 0 Å². The summed E-state index contributed by atoms with van der Waals surface area (Å²) in [6, 6.07) is 7.27. The van der Waals surface area contributed by atoms with E-state index >= 15 is 0 Å². The largest absolute Gasteiger partial charge is 0.347 e. The number of amides is 2. The zero-order valence-corrected chi connectivity index (χ0v) is 16.4. The number of piperazine rings is 1. The Hall–Kier alpha value is -1.34. The summed E-state index contributed by atoms with van der Waals surface area (Å²) < 4.78 is 0. The molecule has 1 saturated heterocycles. The third-order valence-electron chi connectivity index (χ3n) is 4.12. The Bertz CT molecular complexity index is 598. The molecule has 2 unspecified atom stereocenters. The maximum absolute atomic E-state index is 12.3. The lowest BCUT2D eigenvalue weighted by molar-refractivity contribution is -0.134. The highest BCUT2D eigenvalue weighted by Gasteiger charge is 2.26. The number of halogens is 2. The molecule has 0 aromatic heterocycles. The van der Waals surface area contributed by atoms with Gasteiger partial charge < -0.3 is 15.5 Å². The number of benzene rings is 1. The van der Waals surface area contributed by atoms with Crippen molar-refractivity contribution >= 4 is 35.8 Å². The van der Waals surface area contributed by atoms with E-state index in [1.807, 2.05) is 24.3 Å². The minimum atomic E-state index is -0.528. The first kappa shape index (κ1) is 21.7. The van der Waals surface area contributed by atoms with Crippen molar-refractivity contribution in [2.75, 3.05) is 40.3 Å². The van der Waals surface area contributed by atoms with E-state index in [2.05, 4.69) is 15.5 Å². The van der Waals surface area contributed by atoms with Gasteiger partial charge in [0.25, 0.3) is 0 Å². The Morgan fingerprint density at radius 3 is 2.80 bits per heavy atom. The fourth-order valence-electron chi connectivity index (χ4n) is 2.90. The van der Waals surface area contributed by atoms with Crippen molar-refractivity contribution in [3.63, 3.8) is 0 Å². The summed E-state index contributed by atoms with van der Waals surface area (Å²) in [7, 11) is 3.35.